The number of ether oxygens (including phenoxy) is 1. The van der Waals surface area contributed by atoms with Crippen LogP contribution in [-0.2, 0) is 0 Å². The Morgan fingerprint density at radius 2 is 2.31 bits per heavy atom. The first-order valence-electron chi connectivity index (χ1n) is 3.65. The first-order chi connectivity index (χ1) is 6.15. The molecule has 0 amide bonds. The molecule has 1 aromatic rings. The average Bonchev–Trinajstić information content (AvgIpc) is 2.13. The van der Waals surface area contributed by atoms with E-state index < -0.39 is 0 Å². The van der Waals surface area contributed by atoms with Crippen LogP contribution in [0.15, 0.2) is 12.3 Å². The summed E-state index contributed by atoms with van der Waals surface area (Å²) in [6.45, 7) is 1.90. The van der Waals surface area contributed by atoms with Crippen LogP contribution in [0, 0.1) is 0 Å². The van der Waals surface area contributed by atoms with Gasteiger partial charge in [-0.15, -0.1) is 0 Å². The summed E-state index contributed by atoms with van der Waals surface area (Å²) < 4.78 is 5.25. The topological polar surface area (TPSA) is 22.1 Å². The molecular weight excluding hydrogens is 229 g/mol. The first-order valence-corrected chi connectivity index (χ1v) is 4.82. The standard InChI is InChI=1S/C8H7Cl2NOS/c1-2-6(13)12-5-3-4-11-8(10)7(5)9/h3-4H,2H2,1H3. The zero-order chi connectivity index (χ0) is 9.84. The summed E-state index contributed by atoms with van der Waals surface area (Å²) in [4.78, 5) is 3.78. The fourth-order valence-electron chi connectivity index (χ4n) is 0.676. The molecule has 0 aliphatic rings. The predicted molar refractivity (Wildman–Crippen MR) is 57.8 cm³/mol. The number of hydrogen-bond donors (Lipinski definition) is 0. The van der Waals surface area contributed by atoms with Gasteiger partial charge in [-0.25, -0.2) is 4.98 Å². The van der Waals surface area contributed by atoms with E-state index in [1.807, 2.05) is 6.92 Å². The smallest absolute Gasteiger partial charge is 0.167 e. The van der Waals surface area contributed by atoms with Crippen molar-refractivity contribution in [3.8, 4) is 5.75 Å². The second-order valence-electron chi connectivity index (χ2n) is 2.24. The maximum Gasteiger partial charge on any atom is 0.167 e. The van der Waals surface area contributed by atoms with E-state index in [0.717, 1.165) is 0 Å². The van der Waals surface area contributed by atoms with Gasteiger partial charge in [-0.1, -0.05) is 30.1 Å². The van der Waals surface area contributed by atoms with Gasteiger partial charge in [0.15, 0.2) is 16.0 Å². The Morgan fingerprint density at radius 1 is 1.62 bits per heavy atom. The summed E-state index contributed by atoms with van der Waals surface area (Å²) in [5, 5.41) is 0.988. The zero-order valence-corrected chi connectivity index (χ0v) is 9.21. The van der Waals surface area contributed by atoms with Crippen LogP contribution >= 0.6 is 35.4 Å². The van der Waals surface area contributed by atoms with E-state index >= 15 is 0 Å². The molecule has 5 heteroatoms. The SMILES string of the molecule is CCC(=S)Oc1ccnc(Cl)c1Cl. The van der Waals surface area contributed by atoms with Gasteiger partial charge in [0.05, 0.1) is 0 Å². The third-order valence-electron chi connectivity index (χ3n) is 1.32. The van der Waals surface area contributed by atoms with Crippen molar-refractivity contribution in [3.05, 3.63) is 22.4 Å². The molecule has 1 heterocycles. The molecule has 0 aromatic carbocycles. The van der Waals surface area contributed by atoms with E-state index in [4.69, 9.17) is 40.2 Å². The lowest BCUT2D eigenvalue weighted by Gasteiger charge is -2.06. The minimum absolute atomic E-state index is 0.220. The van der Waals surface area contributed by atoms with E-state index in [0.29, 0.717) is 22.2 Å². The number of hydrogen-bond acceptors (Lipinski definition) is 3. The molecular formula is C8H7Cl2NOS. The number of pyridine rings is 1. The summed E-state index contributed by atoms with van der Waals surface area (Å²) in [7, 11) is 0. The molecule has 0 saturated heterocycles. The Hall–Kier alpha value is -0.380. The first kappa shape index (κ1) is 10.7. The van der Waals surface area contributed by atoms with E-state index in [1.165, 1.54) is 6.20 Å². The molecule has 0 saturated carbocycles. The van der Waals surface area contributed by atoms with Gasteiger partial charge >= 0.3 is 0 Å². The van der Waals surface area contributed by atoms with Crippen LogP contribution in [0.1, 0.15) is 13.3 Å². The molecule has 1 aromatic heterocycles. The van der Waals surface area contributed by atoms with Crippen LogP contribution in [0.4, 0.5) is 0 Å². The van der Waals surface area contributed by atoms with Gasteiger partial charge in [0.2, 0.25) is 0 Å². The van der Waals surface area contributed by atoms with Crippen molar-refractivity contribution in [2.45, 2.75) is 13.3 Å². The molecule has 0 bridgehead atoms. The molecule has 0 radical (unpaired) electrons. The van der Waals surface area contributed by atoms with Crippen molar-refractivity contribution >= 4 is 40.5 Å². The summed E-state index contributed by atoms with van der Waals surface area (Å²) in [6.07, 6.45) is 2.17. The molecule has 0 aliphatic carbocycles. The average molecular weight is 236 g/mol. The minimum atomic E-state index is 0.220. The normalized spacial score (nSPS) is 9.77. The Labute approximate surface area is 91.8 Å². The highest BCUT2D eigenvalue weighted by Gasteiger charge is 2.07. The summed E-state index contributed by atoms with van der Waals surface area (Å²) in [5.41, 5.74) is 0. The van der Waals surface area contributed by atoms with Crippen molar-refractivity contribution in [2.24, 2.45) is 0 Å². The monoisotopic (exact) mass is 235 g/mol. The third kappa shape index (κ3) is 2.79. The predicted octanol–water partition coefficient (Wildman–Crippen LogP) is 3.50. The van der Waals surface area contributed by atoms with Crippen molar-refractivity contribution in [1.29, 1.82) is 0 Å². The lowest BCUT2D eigenvalue weighted by atomic mass is 10.4. The van der Waals surface area contributed by atoms with Crippen molar-refractivity contribution < 1.29 is 4.74 Å². The Kier molecular flexibility index (Phi) is 3.90. The van der Waals surface area contributed by atoms with Gasteiger partial charge in [-0.2, -0.15) is 0 Å². The van der Waals surface area contributed by atoms with Crippen LogP contribution in [0.25, 0.3) is 0 Å². The van der Waals surface area contributed by atoms with E-state index in [-0.39, 0.29) is 5.15 Å². The number of nitrogens with zero attached hydrogens (tertiary/aromatic N) is 1. The molecule has 0 aliphatic heterocycles. The summed E-state index contributed by atoms with van der Waals surface area (Å²) >= 11 is 16.4. The van der Waals surface area contributed by atoms with E-state index in [2.05, 4.69) is 4.98 Å². The van der Waals surface area contributed by atoms with E-state index in [9.17, 15) is 0 Å². The maximum atomic E-state index is 5.82. The highest BCUT2D eigenvalue weighted by atomic mass is 35.5. The molecule has 1 rings (SSSR count). The van der Waals surface area contributed by atoms with Gasteiger partial charge in [-0.3, -0.25) is 0 Å². The fraction of sp³-hybridized carbons (Fsp3) is 0.250. The molecule has 0 spiro atoms. The van der Waals surface area contributed by atoms with Crippen LogP contribution in [-0.4, -0.2) is 10.0 Å². The van der Waals surface area contributed by atoms with Gasteiger partial charge < -0.3 is 4.74 Å². The largest absolute Gasteiger partial charge is 0.449 e. The Balaban J connectivity index is 2.89. The lowest BCUT2D eigenvalue weighted by Crippen LogP contribution is -2.03. The van der Waals surface area contributed by atoms with Gasteiger partial charge in [0.25, 0.3) is 0 Å². The van der Waals surface area contributed by atoms with Crippen LogP contribution < -0.4 is 4.74 Å². The lowest BCUT2D eigenvalue weighted by molar-refractivity contribution is 0.550. The Bertz CT molecular complexity index is 330. The molecule has 2 nitrogen and oxygen atoms in total. The molecule has 0 atom stereocenters. The number of rotatable bonds is 2. The second-order valence-corrected chi connectivity index (χ2v) is 3.43. The van der Waals surface area contributed by atoms with Crippen LogP contribution in [0.3, 0.4) is 0 Å². The van der Waals surface area contributed by atoms with Crippen LogP contribution in [0.2, 0.25) is 10.2 Å². The molecule has 0 N–H and O–H groups in total. The minimum Gasteiger partial charge on any atom is -0.449 e. The van der Waals surface area contributed by atoms with Crippen molar-refractivity contribution in [2.75, 3.05) is 0 Å². The molecule has 0 fully saturated rings. The van der Waals surface area contributed by atoms with E-state index in [1.54, 1.807) is 6.07 Å². The molecule has 0 unspecified atom stereocenters. The second kappa shape index (κ2) is 4.74. The van der Waals surface area contributed by atoms with Crippen molar-refractivity contribution in [3.63, 3.8) is 0 Å². The number of thiocarbonyl (C=S) groups is 1. The van der Waals surface area contributed by atoms with Gasteiger partial charge in [-0.05, 0) is 12.2 Å². The zero-order valence-electron chi connectivity index (χ0n) is 6.88. The fourth-order valence-corrected chi connectivity index (χ4v) is 1.07. The quantitative estimate of drug-likeness (QED) is 0.579. The van der Waals surface area contributed by atoms with Crippen molar-refractivity contribution in [1.82, 2.24) is 4.98 Å². The summed E-state index contributed by atoms with van der Waals surface area (Å²) in [5.74, 6) is 0.452. The van der Waals surface area contributed by atoms with Gasteiger partial charge in [0, 0.05) is 18.7 Å². The highest BCUT2D eigenvalue weighted by molar-refractivity contribution is 7.80. The number of aromatic nitrogens is 1. The molecule has 70 valence electrons. The summed E-state index contributed by atoms with van der Waals surface area (Å²) in [6, 6.07) is 1.62. The van der Waals surface area contributed by atoms with Crippen LogP contribution in [0.5, 0.6) is 5.75 Å². The molecule has 13 heavy (non-hydrogen) atoms. The number of halogens is 2. The highest BCUT2D eigenvalue weighted by Crippen LogP contribution is 2.29. The third-order valence-corrected chi connectivity index (χ3v) is 2.44. The van der Waals surface area contributed by atoms with Gasteiger partial charge in [0.1, 0.15) is 5.02 Å². The Morgan fingerprint density at radius 3 is 2.92 bits per heavy atom. The maximum absolute atomic E-state index is 5.82.